The summed E-state index contributed by atoms with van der Waals surface area (Å²) in [7, 11) is 2.38. The quantitative estimate of drug-likeness (QED) is 0.765. The first-order valence-electron chi connectivity index (χ1n) is 4.86. The standard InChI is InChI=1S/C11H10F2N2O3/c1-17-9-3-7(11(12)13)6(4-10(16)18-2)8(5-14)15-9/h3,11H,4H2,1-2H3. The van der Waals surface area contributed by atoms with Crippen LogP contribution in [0.4, 0.5) is 8.78 Å². The van der Waals surface area contributed by atoms with Gasteiger partial charge in [0.05, 0.1) is 20.6 Å². The van der Waals surface area contributed by atoms with Crippen LogP contribution in [-0.4, -0.2) is 25.2 Å². The van der Waals surface area contributed by atoms with E-state index in [0.29, 0.717) is 0 Å². The van der Waals surface area contributed by atoms with Crippen molar-refractivity contribution in [2.24, 2.45) is 0 Å². The van der Waals surface area contributed by atoms with Gasteiger partial charge in [-0.05, 0) is 0 Å². The van der Waals surface area contributed by atoms with Crippen molar-refractivity contribution in [1.29, 1.82) is 5.26 Å². The van der Waals surface area contributed by atoms with E-state index in [9.17, 15) is 13.6 Å². The van der Waals surface area contributed by atoms with Crippen LogP contribution in [0.15, 0.2) is 6.07 Å². The highest BCUT2D eigenvalue weighted by Crippen LogP contribution is 2.28. The number of pyridine rings is 1. The summed E-state index contributed by atoms with van der Waals surface area (Å²) in [6.07, 6.45) is -3.27. The Hall–Kier alpha value is -2.23. The van der Waals surface area contributed by atoms with Crippen molar-refractivity contribution in [3.05, 3.63) is 22.9 Å². The zero-order valence-electron chi connectivity index (χ0n) is 9.74. The van der Waals surface area contributed by atoms with E-state index < -0.39 is 24.4 Å². The maximum absolute atomic E-state index is 12.9. The van der Waals surface area contributed by atoms with Crippen molar-refractivity contribution in [1.82, 2.24) is 4.98 Å². The van der Waals surface area contributed by atoms with Gasteiger partial charge in [0.25, 0.3) is 6.43 Å². The number of carbonyl (C=O) groups is 1. The zero-order valence-corrected chi connectivity index (χ0v) is 9.74. The second kappa shape index (κ2) is 5.91. The molecule has 0 aromatic carbocycles. The van der Waals surface area contributed by atoms with Crippen LogP contribution in [0, 0.1) is 11.3 Å². The van der Waals surface area contributed by atoms with Gasteiger partial charge in [-0.25, -0.2) is 13.8 Å². The molecule has 0 aliphatic heterocycles. The number of methoxy groups -OCH3 is 2. The van der Waals surface area contributed by atoms with E-state index in [1.54, 1.807) is 6.07 Å². The minimum absolute atomic E-state index is 0.101. The number of hydrogen-bond acceptors (Lipinski definition) is 5. The molecule has 0 atom stereocenters. The fourth-order valence-electron chi connectivity index (χ4n) is 1.36. The van der Waals surface area contributed by atoms with Crippen LogP contribution in [0.2, 0.25) is 0 Å². The normalized spacial score (nSPS) is 10.0. The zero-order chi connectivity index (χ0) is 13.7. The molecule has 1 rings (SSSR count). The summed E-state index contributed by atoms with van der Waals surface area (Å²) in [6.45, 7) is 0. The molecule has 1 aromatic heterocycles. The number of rotatable bonds is 4. The Kier molecular flexibility index (Phi) is 4.54. The Balaban J connectivity index is 3.36. The summed E-state index contributed by atoms with van der Waals surface area (Å²) in [6, 6.07) is 2.67. The third-order valence-electron chi connectivity index (χ3n) is 2.23. The highest BCUT2D eigenvalue weighted by molar-refractivity contribution is 5.74. The Labute approximate surface area is 102 Å². The number of alkyl halides is 2. The second-order valence-electron chi connectivity index (χ2n) is 3.25. The van der Waals surface area contributed by atoms with E-state index in [0.717, 1.165) is 13.2 Å². The van der Waals surface area contributed by atoms with E-state index in [2.05, 4.69) is 9.72 Å². The number of carbonyl (C=O) groups excluding carboxylic acids is 1. The molecule has 18 heavy (non-hydrogen) atoms. The van der Waals surface area contributed by atoms with Crippen LogP contribution < -0.4 is 4.74 Å². The Morgan fingerprint density at radius 1 is 1.56 bits per heavy atom. The molecular weight excluding hydrogens is 246 g/mol. The van der Waals surface area contributed by atoms with Gasteiger partial charge in [-0.1, -0.05) is 0 Å². The van der Waals surface area contributed by atoms with Gasteiger partial charge in [-0.2, -0.15) is 5.26 Å². The molecule has 7 heteroatoms. The van der Waals surface area contributed by atoms with Gasteiger partial charge >= 0.3 is 5.97 Å². The molecule has 0 N–H and O–H groups in total. The third-order valence-corrected chi connectivity index (χ3v) is 2.23. The van der Waals surface area contributed by atoms with Crippen molar-refractivity contribution in [3.63, 3.8) is 0 Å². The molecular formula is C11H10F2N2O3. The highest BCUT2D eigenvalue weighted by Gasteiger charge is 2.22. The van der Waals surface area contributed by atoms with Crippen LogP contribution in [0.25, 0.3) is 0 Å². The number of halogens is 2. The van der Waals surface area contributed by atoms with Gasteiger partial charge in [0.15, 0.2) is 0 Å². The summed E-state index contributed by atoms with van der Waals surface area (Å²) < 4.78 is 34.9. The van der Waals surface area contributed by atoms with Gasteiger partial charge in [-0.15, -0.1) is 0 Å². The molecule has 0 saturated carbocycles. The van der Waals surface area contributed by atoms with Gasteiger partial charge in [0, 0.05) is 17.2 Å². The predicted molar refractivity (Wildman–Crippen MR) is 56.2 cm³/mol. The molecule has 5 nitrogen and oxygen atoms in total. The van der Waals surface area contributed by atoms with E-state index in [1.165, 1.54) is 7.11 Å². The summed E-state index contributed by atoms with van der Waals surface area (Å²) in [5.41, 5.74) is -0.862. The number of esters is 1. The number of hydrogen-bond donors (Lipinski definition) is 0. The number of ether oxygens (including phenoxy) is 2. The first-order chi connectivity index (χ1) is 8.53. The average molecular weight is 256 g/mol. The van der Waals surface area contributed by atoms with Gasteiger partial charge < -0.3 is 9.47 Å². The fraction of sp³-hybridized carbons (Fsp3) is 0.364. The molecule has 0 aliphatic carbocycles. The van der Waals surface area contributed by atoms with Crippen molar-refractivity contribution < 1.29 is 23.0 Å². The lowest BCUT2D eigenvalue weighted by Crippen LogP contribution is -2.11. The van der Waals surface area contributed by atoms with Crippen LogP contribution in [0.3, 0.4) is 0 Å². The number of nitriles is 1. The smallest absolute Gasteiger partial charge is 0.310 e. The second-order valence-corrected chi connectivity index (χ2v) is 3.25. The van der Waals surface area contributed by atoms with E-state index in [-0.39, 0.29) is 17.1 Å². The molecule has 0 bridgehead atoms. The first kappa shape index (κ1) is 13.8. The number of nitrogens with zero attached hydrogens (tertiary/aromatic N) is 2. The van der Waals surface area contributed by atoms with Gasteiger partial charge in [0.1, 0.15) is 11.8 Å². The SMILES string of the molecule is COC(=O)Cc1c(C(F)F)cc(OC)nc1C#N. The van der Waals surface area contributed by atoms with Crippen molar-refractivity contribution in [3.8, 4) is 11.9 Å². The van der Waals surface area contributed by atoms with Crippen molar-refractivity contribution in [2.75, 3.05) is 14.2 Å². The maximum atomic E-state index is 12.9. The van der Waals surface area contributed by atoms with E-state index >= 15 is 0 Å². The van der Waals surface area contributed by atoms with Crippen molar-refractivity contribution in [2.45, 2.75) is 12.8 Å². The highest BCUT2D eigenvalue weighted by atomic mass is 19.3. The third kappa shape index (κ3) is 2.91. The molecule has 0 amide bonds. The maximum Gasteiger partial charge on any atom is 0.310 e. The summed E-state index contributed by atoms with van der Waals surface area (Å²) in [5.74, 6) is -0.823. The van der Waals surface area contributed by atoms with E-state index in [1.807, 2.05) is 0 Å². The monoisotopic (exact) mass is 256 g/mol. The van der Waals surface area contributed by atoms with Gasteiger partial charge in [0.2, 0.25) is 5.88 Å². The summed E-state index contributed by atoms with van der Waals surface area (Å²) >= 11 is 0. The summed E-state index contributed by atoms with van der Waals surface area (Å²) in [4.78, 5) is 14.9. The Morgan fingerprint density at radius 3 is 2.67 bits per heavy atom. The first-order valence-corrected chi connectivity index (χ1v) is 4.86. The minimum atomic E-state index is -2.84. The van der Waals surface area contributed by atoms with Crippen molar-refractivity contribution >= 4 is 5.97 Å². The molecule has 1 heterocycles. The topological polar surface area (TPSA) is 72.2 Å². The number of aromatic nitrogens is 1. The van der Waals surface area contributed by atoms with Crippen LogP contribution in [0.5, 0.6) is 5.88 Å². The van der Waals surface area contributed by atoms with Crippen LogP contribution >= 0.6 is 0 Å². The predicted octanol–water partition coefficient (Wildman–Crippen LogP) is 1.61. The molecule has 0 radical (unpaired) electrons. The lowest BCUT2D eigenvalue weighted by Gasteiger charge is -2.11. The molecule has 1 aromatic rings. The largest absolute Gasteiger partial charge is 0.481 e. The molecule has 0 unspecified atom stereocenters. The lowest BCUT2D eigenvalue weighted by molar-refractivity contribution is -0.139. The summed E-state index contributed by atoms with van der Waals surface area (Å²) in [5, 5.41) is 8.87. The van der Waals surface area contributed by atoms with E-state index in [4.69, 9.17) is 10.00 Å². The molecule has 96 valence electrons. The Bertz CT molecular complexity index is 498. The molecule has 0 spiro atoms. The molecule has 0 aliphatic rings. The van der Waals surface area contributed by atoms with Crippen LogP contribution in [-0.2, 0) is 16.0 Å². The Morgan fingerprint density at radius 2 is 2.22 bits per heavy atom. The minimum Gasteiger partial charge on any atom is -0.481 e. The molecule has 0 fully saturated rings. The average Bonchev–Trinajstić information content (AvgIpc) is 2.38. The van der Waals surface area contributed by atoms with Crippen LogP contribution in [0.1, 0.15) is 23.2 Å². The lowest BCUT2D eigenvalue weighted by atomic mass is 10.0. The fourth-order valence-corrected chi connectivity index (χ4v) is 1.36. The van der Waals surface area contributed by atoms with Gasteiger partial charge in [-0.3, -0.25) is 4.79 Å². The molecule has 0 saturated heterocycles.